The minimum absolute atomic E-state index is 0.0170. The molecule has 1 atom stereocenters. The standard InChI is InChI=1S/C23H25Cl2N3O/c1-3-18(4-2)28-15-20(12-23(28)29)27(14-17-7-5-6-8-21(17)24)19-10-9-16(13-26)22(25)11-19/h5-11,18,20H,3-4,12,14-15H2,1-2H3/t20-/m0/s1. The number of carbonyl (C=O) groups excluding carboxylic acids is 1. The number of halogens is 2. The molecule has 0 aliphatic carbocycles. The van der Waals surface area contributed by atoms with Crippen molar-refractivity contribution in [1.29, 1.82) is 5.26 Å². The molecule has 0 unspecified atom stereocenters. The van der Waals surface area contributed by atoms with Gasteiger partial charge in [0.15, 0.2) is 0 Å². The minimum Gasteiger partial charge on any atom is -0.362 e. The number of amides is 1. The molecule has 2 aromatic rings. The Labute approximate surface area is 182 Å². The summed E-state index contributed by atoms with van der Waals surface area (Å²) in [5.41, 5.74) is 2.32. The number of benzene rings is 2. The number of likely N-dealkylation sites (tertiary alicyclic amines) is 1. The van der Waals surface area contributed by atoms with E-state index in [4.69, 9.17) is 23.2 Å². The second-order valence-corrected chi connectivity index (χ2v) is 8.18. The van der Waals surface area contributed by atoms with E-state index in [1.54, 1.807) is 12.1 Å². The van der Waals surface area contributed by atoms with Crippen LogP contribution in [0, 0.1) is 11.3 Å². The van der Waals surface area contributed by atoms with Crippen molar-refractivity contribution in [3.05, 3.63) is 63.6 Å². The number of rotatable bonds is 7. The SMILES string of the molecule is CCC(CC)N1C[C@@H](N(Cc2ccccc2Cl)c2ccc(C#N)c(Cl)c2)CC1=O. The third-order valence-corrected chi connectivity index (χ3v) is 6.35. The van der Waals surface area contributed by atoms with Crippen LogP contribution in [0.2, 0.25) is 10.0 Å². The van der Waals surface area contributed by atoms with Crippen LogP contribution >= 0.6 is 23.2 Å². The van der Waals surface area contributed by atoms with Gasteiger partial charge >= 0.3 is 0 Å². The van der Waals surface area contributed by atoms with Crippen LogP contribution in [0.3, 0.4) is 0 Å². The first kappa shape index (κ1) is 21.5. The van der Waals surface area contributed by atoms with E-state index in [0.29, 0.717) is 35.1 Å². The van der Waals surface area contributed by atoms with Gasteiger partial charge in [-0.15, -0.1) is 0 Å². The van der Waals surface area contributed by atoms with Gasteiger partial charge in [0.2, 0.25) is 5.91 Å². The largest absolute Gasteiger partial charge is 0.362 e. The van der Waals surface area contributed by atoms with Crippen LogP contribution in [0.5, 0.6) is 0 Å². The Kier molecular flexibility index (Phi) is 7.05. The molecule has 4 nitrogen and oxygen atoms in total. The number of carbonyl (C=O) groups is 1. The van der Waals surface area contributed by atoms with Gasteiger partial charge in [-0.1, -0.05) is 55.2 Å². The van der Waals surface area contributed by atoms with Crippen LogP contribution in [0.1, 0.15) is 44.2 Å². The topological polar surface area (TPSA) is 47.3 Å². The first-order valence-corrected chi connectivity index (χ1v) is 10.7. The molecule has 1 aliphatic rings. The average molecular weight is 430 g/mol. The Morgan fingerprint density at radius 2 is 1.90 bits per heavy atom. The normalized spacial score (nSPS) is 16.3. The van der Waals surface area contributed by atoms with Crippen molar-refractivity contribution in [2.24, 2.45) is 0 Å². The lowest BCUT2D eigenvalue weighted by Crippen LogP contribution is -2.40. The number of hydrogen-bond acceptors (Lipinski definition) is 3. The first-order valence-electron chi connectivity index (χ1n) is 9.97. The maximum Gasteiger partial charge on any atom is 0.225 e. The van der Waals surface area contributed by atoms with Crippen LogP contribution in [0.25, 0.3) is 0 Å². The van der Waals surface area contributed by atoms with Gasteiger partial charge in [-0.3, -0.25) is 4.79 Å². The summed E-state index contributed by atoms with van der Waals surface area (Å²) in [5, 5.41) is 10.3. The van der Waals surface area contributed by atoms with Crippen molar-refractivity contribution < 1.29 is 4.79 Å². The minimum atomic E-state index is 0.0170. The highest BCUT2D eigenvalue weighted by Crippen LogP contribution is 2.32. The molecule has 6 heteroatoms. The fraction of sp³-hybridized carbons (Fsp3) is 0.391. The Balaban J connectivity index is 1.95. The zero-order valence-electron chi connectivity index (χ0n) is 16.7. The van der Waals surface area contributed by atoms with Crippen molar-refractivity contribution in [3.8, 4) is 6.07 Å². The van der Waals surface area contributed by atoms with Gasteiger partial charge in [0, 0.05) is 36.3 Å². The maximum absolute atomic E-state index is 12.8. The third kappa shape index (κ3) is 4.69. The summed E-state index contributed by atoms with van der Waals surface area (Å²) in [6, 6.07) is 15.5. The smallest absolute Gasteiger partial charge is 0.225 e. The van der Waals surface area contributed by atoms with Crippen molar-refractivity contribution >= 4 is 34.8 Å². The lowest BCUT2D eigenvalue weighted by atomic mass is 10.1. The molecule has 0 N–H and O–H groups in total. The lowest BCUT2D eigenvalue weighted by Gasteiger charge is -2.33. The third-order valence-electron chi connectivity index (χ3n) is 5.67. The van der Waals surface area contributed by atoms with Crippen molar-refractivity contribution in [3.63, 3.8) is 0 Å². The van der Waals surface area contributed by atoms with Crippen molar-refractivity contribution in [2.45, 2.75) is 51.7 Å². The van der Waals surface area contributed by atoms with Gasteiger partial charge in [-0.2, -0.15) is 5.26 Å². The second kappa shape index (κ2) is 9.52. The molecule has 3 rings (SSSR count). The molecule has 0 aromatic heterocycles. The number of hydrogen-bond donors (Lipinski definition) is 0. The molecule has 29 heavy (non-hydrogen) atoms. The van der Waals surface area contributed by atoms with Gasteiger partial charge in [0.25, 0.3) is 0 Å². The molecule has 152 valence electrons. The molecular formula is C23H25Cl2N3O. The van der Waals surface area contributed by atoms with E-state index in [2.05, 4.69) is 24.8 Å². The summed E-state index contributed by atoms with van der Waals surface area (Å²) in [4.78, 5) is 17.0. The molecule has 0 bridgehead atoms. The molecular weight excluding hydrogens is 405 g/mol. The molecule has 1 heterocycles. The van der Waals surface area contributed by atoms with Gasteiger partial charge < -0.3 is 9.80 Å². The van der Waals surface area contributed by atoms with E-state index in [9.17, 15) is 10.1 Å². The van der Waals surface area contributed by atoms with Gasteiger partial charge in [-0.25, -0.2) is 0 Å². The van der Waals surface area contributed by atoms with E-state index in [1.807, 2.05) is 35.2 Å². The zero-order chi connectivity index (χ0) is 21.0. The Bertz CT molecular complexity index is 921. The van der Waals surface area contributed by atoms with Gasteiger partial charge in [0.1, 0.15) is 6.07 Å². The maximum atomic E-state index is 12.8. The van der Waals surface area contributed by atoms with E-state index in [-0.39, 0.29) is 18.0 Å². The number of nitrogens with zero attached hydrogens (tertiary/aromatic N) is 3. The van der Waals surface area contributed by atoms with E-state index in [1.165, 1.54) is 0 Å². The summed E-state index contributed by atoms with van der Waals surface area (Å²) in [6.45, 7) is 5.48. The van der Waals surface area contributed by atoms with Crippen LogP contribution < -0.4 is 4.90 Å². The molecule has 1 fully saturated rings. The van der Waals surface area contributed by atoms with E-state index >= 15 is 0 Å². The van der Waals surface area contributed by atoms with E-state index < -0.39 is 0 Å². The molecule has 0 spiro atoms. The van der Waals surface area contributed by atoms with Crippen LogP contribution in [-0.2, 0) is 11.3 Å². The Morgan fingerprint density at radius 1 is 1.17 bits per heavy atom. The quantitative estimate of drug-likeness (QED) is 0.569. The summed E-state index contributed by atoms with van der Waals surface area (Å²) >= 11 is 12.7. The van der Waals surface area contributed by atoms with Gasteiger partial charge in [0.05, 0.1) is 16.6 Å². The average Bonchev–Trinajstić information content (AvgIpc) is 3.09. The predicted octanol–water partition coefficient (Wildman–Crippen LogP) is 5.66. The lowest BCUT2D eigenvalue weighted by molar-refractivity contribution is -0.129. The number of nitriles is 1. The van der Waals surface area contributed by atoms with Crippen LogP contribution in [-0.4, -0.2) is 29.4 Å². The van der Waals surface area contributed by atoms with Crippen LogP contribution in [0.4, 0.5) is 5.69 Å². The second-order valence-electron chi connectivity index (χ2n) is 7.37. The summed E-state index contributed by atoms with van der Waals surface area (Å²) < 4.78 is 0. The van der Waals surface area contributed by atoms with E-state index in [0.717, 1.165) is 24.1 Å². The highest BCUT2D eigenvalue weighted by atomic mass is 35.5. The van der Waals surface area contributed by atoms with Crippen LogP contribution in [0.15, 0.2) is 42.5 Å². The molecule has 1 aliphatic heterocycles. The fourth-order valence-corrected chi connectivity index (χ4v) is 4.43. The Hall–Kier alpha value is -2.22. The molecule has 1 saturated heterocycles. The highest BCUT2D eigenvalue weighted by Gasteiger charge is 2.36. The fourth-order valence-electron chi connectivity index (χ4n) is 4.02. The monoisotopic (exact) mass is 429 g/mol. The summed E-state index contributed by atoms with van der Waals surface area (Å²) in [5.74, 6) is 0.188. The predicted molar refractivity (Wildman–Crippen MR) is 118 cm³/mol. The molecule has 0 saturated carbocycles. The molecule has 0 radical (unpaired) electrons. The number of anilines is 1. The van der Waals surface area contributed by atoms with Gasteiger partial charge in [-0.05, 0) is 42.7 Å². The molecule has 2 aromatic carbocycles. The highest BCUT2D eigenvalue weighted by molar-refractivity contribution is 6.32. The van der Waals surface area contributed by atoms with Crippen molar-refractivity contribution in [1.82, 2.24) is 4.90 Å². The Morgan fingerprint density at radius 3 is 2.52 bits per heavy atom. The van der Waals surface area contributed by atoms with Crippen molar-refractivity contribution in [2.75, 3.05) is 11.4 Å². The molecule has 1 amide bonds. The zero-order valence-corrected chi connectivity index (χ0v) is 18.2. The summed E-state index contributed by atoms with van der Waals surface area (Å²) in [7, 11) is 0. The first-order chi connectivity index (χ1) is 14.0. The summed E-state index contributed by atoms with van der Waals surface area (Å²) in [6.07, 6.45) is 2.35.